The molecule has 0 saturated carbocycles. The largest absolute Gasteiger partial charge is 0.296 e. The second-order valence-corrected chi connectivity index (χ2v) is 8.29. The third kappa shape index (κ3) is 2.73. The molecular weight excluding hydrogens is 378 g/mol. The average Bonchev–Trinajstić information content (AvgIpc) is 3.34. The summed E-state index contributed by atoms with van der Waals surface area (Å²) in [5.41, 5.74) is 9.73. The third-order valence-electron chi connectivity index (χ3n) is 6.28. The topological polar surface area (TPSA) is 21.7 Å². The molecule has 0 unspecified atom stereocenters. The van der Waals surface area contributed by atoms with Gasteiger partial charge in [0.15, 0.2) is 6.20 Å². The minimum atomic E-state index is -2.21. The maximum absolute atomic E-state index is 8.13. The van der Waals surface area contributed by atoms with Crippen LogP contribution in [0.5, 0.6) is 0 Å². The zero-order valence-corrected chi connectivity index (χ0v) is 17.6. The summed E-state index contributed by atoms with van der Waals surface area (Å²) in [5, 5.41) is 0. The fraction of sp³-hybridized carbons (Fsp3) is 0.143. The molecule has 150 valence electrons. The predicted octanol–water partition coefficient (Wildman–Crippen LogP) is 5.71. The van der Waals surface area contributed by atoms with Crippen molar-refractivity contribution in [1.29, 1.82) is 0 Å². The molecule has 0 fully saturated rings. The van der Waals surface area contributed by atoms with Gasteiger partial charge in [-0.15, -0.1) is 0 Å². The second kappa shape index (κ2) is 6.64. The first-order valence-corrected chi connectivity index (χ1v) is 10.5. The number of para-hydroxylation sites is 2. The highest BCUT2D eigenvalue weighted by Crippen LogP contribution is 2.37. The Morgan fingerprint density at radius 2 is 1.74 bits per heavy atom. The highest BCUT2D eigenvalue weighted by Gasteiger charge is 2.26. The van der Waals surface area contributed by atoms with E-state index in [2.05, 4.69) is 35.8 Å². The quantitative estimate of drug-likeness (QED) is 0.338. The van der Waals surface area contributed by atoms with Gasteiger partial charge in [-0.2, -0.15) is 0 Å². The molecule has 31 heavy (non-hydrogen) atoms. The zero-order chi connectivity index (χ0) is 23.6. The SMILES string of the molecule is [2H]C([2H])([2H])c1c[n+](C)c(-c2cc3c(cc2C)Cc2nc4ccccc4n2-3)cc1-c1ccccc1. The van der Waals surface area contributed by atoms with Crippen molar-refractivity contribution in [3.63, 3.8) is 0 Å². The van der Waals surface area contributed by atoms with Gasteiger partial charge in [0.2, 0.25) is 5.69 Å². The summed E-state index contributed by atoms with van der Waals surface area (Å²) in [7, 11) is 1.92. The summed E-state index contributed by atoms with van der Waals surface area (Å²) < 4.78 is 28.6. The lowest BCUT2D eigenvalue weighted by Crippen LogP contribution is -2.31. The Labute approximate surface area is 186 Å². The van der Waals surface area contributed by atoms with Gasteiger partial charge in [0.25, 0.3) is 0 Å². The van der Waals surface area contributed by atoms with Gasteiger partial charge in [0, 0.05) is 22.2 Å². The predicted molar refractivity (Wildman–Crippen MR) is 125 cm³/mol. The van der Waals surface area contributed by atoms with Crippen molar-refractivity contribution in [2.45, 2.75) is 20.2 Å². The third-order valence-corrected chi connectivity index (χ3v) is 6.28. The van der Waals surface area contributed by atoms with Gasteiger partial charge in [-0.3, -0.25) is 4.57 Å². The summed E-state index contributed by atoms with van der Waals surface area (Å²) in [5.74, 6) is 1.06. The summed E-state index contributed by atoms with van der Waals surface area (Å²) in [6.07, 6.45) is 2.57. The number of rotatable bonds is 2. The molecule has 0 saturated heterocycles. The van der Waals surface area contributed by atoms with Crippen LogP contribution in [0.1, 0.15) is 26.6 Å². The molecule has 0 bridgehead atoms. The van der Waals surface area contributed by atoms with Gasteiger partial charge in [0.05, 0.1) is 22.3 Å². The number of benzene rings is 3. The van der Waals surface area contributed by atoms with E-state index in [9.17, 15) is 0 Å². The Hall–Kier alpha value is -3.72. The minimum Gasteiger partial charge on any atom is -0.296 e. The Morgan fingerprint density at radius 3 is 2.58 bits per heavy atom. The first-order chi connectivity index (χ1) is 16.3. The van der Waals surface area contributed by atoms with E-state index in [4.69, 9.17) is 9.10 Å². The summed E-state index contributed by atoms with van der Waals surface area (Å²) >= 11 is 0. The number of hydrogen-bond donors (Lipinski definition) is 0. The van der Waals surface area contributed by atoms with Crippen molar-refractivity contribution in [3.8, 4) is 28.1 Å². The van der Waals surface area contributed by atoms with E-state index in [1.54, 1.807) is 6.20 Å². The Balaban J connectivity index is 1.59. The number of imidazole rings is 1. The number of nitrogens with zero attached hydrogens (tertiary/aromatic N) is 3. The van der Waals surface area contributed by atoms with E-state index in [0.717, 1.165) is 56.9 Å². The van der Waals surface area contributed by atoms with Crippen molar-refractivity contribution in [2.24, 2.45) is 7.05 Å². The van der Waals surface area contributed by atoms with E-state index in [0.29, 0.717) is 5.56 Å². The number of hydrogen-bond acceptors (Lipinski definition) is 1. The lowest BCUT2D eigenvalue weighted by molar-refractivity contribution is -0.660. The molecule has 0 amide bonds. The van der Waals surface area contributed by atoms with Crippen LogP contribution in [0.2, 0.25) is 0 Å². The number of aromatic nitrogens is 3. The minimum absolute atomic E-state index is 0.353. The van der Waals surface area contributed by atoms with Crippen LogP contribution in [0, 0.1) is 13.8 Å². The van der Waals surface area contributed by atoms with Crippen molar-refractivity contribution in [3.05, 3.63) is 102 Å². The zero-order valence-electron chi connectivity index (χ0n) is 20.6. The highest BCUT2D eigenvalue weighted by atomic mass is 15.1. The van der Waals surface area contributed by atoms with Crippen LogP contribution >= 0.6 is 0 Å². The summed E-state index contributed by atoms with van der Waals surface area (Å²) in [6, 6.07) is 24.5. The van der Waals surface area contributed by atoms with Crippen LogP contribution in [0.15, 0.2) is 79.0 Å². The molecule has 6 rings (SSSR count). The number of aryl methyl sites for hydroxylation is 3. The molecule has 0 radical (unpaired) electrons. The first-order valence-electron chi connectivity index (χ1n) is 12.0. The average molecular weight is 406 g/mol. The van der Waals surface area contributed by atoms with Gasteiger partial charge in [-0.05, 0) is 54.2 Å². The molecule has 0 atom stereocenters. The normalized spacial score (nSPS) is 14.1. The fourth-order valence-electron chi connectivity index (χ4n) is 4.79. The van der Waals surface area contributed by atoms with E-state index in [1.165, 1.54) is 5.56 Å². The number of fused-ring (bicyclic) bond motifs is 5. The molecule has 1 aliphatic heterocycles. The van der Waals surface area contributed by atoms with Gasteiger partial charge in [-0.25, -0.2) is 9.55 Å². The van der Waals surface area contributed by atoms with Crippen molar-refractivity contribution in [2.75, 3.05) is 0 Å². The van der Waals surface area contributed by atoms with Crippen LogP contribution < -0.4 is 4.57 Å². The van der Waals surface area contributed by atoms with E-state index in [-0.39, 0.29) is 0 Å². The Morgan fingerprint density at radius 1 is 0.935 bits per heavy atom. The maximum atomic E-state index is 8.13. The smallest absolute Gasteiger partial charge is 0.213 e. The molecule has 0 aliphatic carbocycles. The molecule has 1 aliphatic rings. The van der Waals surface area contributed by atoms with Crippen molar-refractivity contribution < 1.29 is 8.68 Å². The molecule has 5 aromatic rings. The molecule has 0 N–H and O–H groups in total. The summed E-state index contributed by atoms with van der Waals surface area (Å²) in [4.78, 5) is 4.85. The van der Waals surface area contributed by atoms with Crippen LogP contribution in [-0.4, -0.2) is 9.55 Å². The Kier molecular flexibility index (Phi) is 3.24. The van der Waals surface area contributed by atoms with E-state index >= 15 is 0 Å². The standard InChI is InChI=1S/C28H24N3/c1-18-13-21-14-28-29-24-11-7-8-12-25(24)31(28)26(21)16-23(18)27-15-22(19(2)17-30(27)3)20-9-5-4-6-10-20/h4-13,15-17H,14H2,1-3H3/q+1/i2D3. The summed E-state index contributed by atoms with van der Waals surface area (Å²) in [6.45, 7) is -0.0895. The number of pyridine rings is 1. The molecular formula is C28H24N3+. The van der Waals surface area contributed by atoms with Crippen molar-refractivity contribution >= 4 is 11.0 Å². The first kappa shape index (κ1) is 15.1. The second-order valence-electron chi connectivity index (χ2n) is 8.29. The Bertz CT molecular complexity index is 1580. The highest BCUT2D eigenvalue weighted by molar-refractivity contribution is 5.82. The molecule has 3 heterocycles. The van der Waals surface area contributed by atoms with Crippen LogP contribution in [0.4, 0.5) is 0 Å². The lowest BCUT2D eigenvalue weighted by Gasteiger charge is -2.12. The van der Waals surface area contributed by atoms with Gasteiger partial charge in [-0.1, -0.05) is 48.5 Å². The van der Waals surface area contributed by atoms with Crippen LogP contribution in [-0.2, 0) is 13.5 Å². The van der Waals surface area contributed by atoms with Gasteiger partial charge < -0.3 is 0 Å². The van der Waals surface area contributed by atoms with E-state index < -0.39 is 6.85 Å². The fourth-order valence-corrected chi connectivity index (χ4v) is 4.79. The van der Waals surface area contributed by atoms with Crippen LogP contribution in [0.3, 0.4) is 0 Å². The molecule has 3 aromatic carbocycles. The molecule has 3 nitrogen and oxygen atoms in total. The molecule has 3 heteroatoms. The van der Waals surface area contributed by atoms with Gasteiger partial charge >= 0.3 is 0 Å². The monoisotopic (exact) mass is 405 g/mol. The molecule has 0 spiro atoms. The molecule has 2 aromatic heterocycles. The van der Waals surface area contributed by atoms with Crippen LogP contribution in [0.25, 0.3) is 39.1 Å². The lowest BCUT2D eigenvalue weighted by atomic mass is 9.95. The van der Waals surface area contributed by atoms with E-state index in [1.807, 2.05) is 60.1 Å². The van der Waals surface area contributed by atoms with Gasteiger partial charge in [0.1, 0.15) is 12.9 Å². The maximum Gasteiger partial charge on any atom is 0.213 e. The van der Waals surface area contributed by atoms with Crippen molar-refractivity contribution in [1.82, 2.24) is 9.55 Å².